The number of thiazole rings is 1. The van der Waals surface area contributed by atoms with Crippen molar-refractivity contribution in [2.45, 2.75) is 32.8 Å². The quantitative estimate of drug-likeness (QED) is 0.394. The Labute approximate surface area is 191 Å². The minimum atomic E-state index is -0.858. The second-order valence-electron chi connectivity index (χ2n) is 7.80. The zero-order valence-corrected chi connectivity index (χ0v) is 19.1. The molecule has 0 fully saturated rings. The summed E-state index contributed by atoms with van der Waals surface area (Å²) in [6.07, 6.45) is 3.49. The first-order valence-electron chi connectivity index (χ1n) is 10.4. The zero-order chi connectivity index (χ0) is 22.7. The predicted molar refractivity (Wildman–Crippen MR) is 125 cm³/mol. The summed E-state index contributed by atoms with van der Waals surface area (Å²) in [6, 6.07) is 15.9. The molecule has 0 spiro atoms. The van der Waals surface area contributed by atoms with Gasteiger partial charge in [0.25, 0.3) is 0 Å². The average Bonchev–Trinajstić information content (AvgIpc) is 3.36. The molecule has 1 atom stereocenters. The van der Waals surface area contributed by atoms with Crippen LogP contribution in [-0.4, -0.2) is 25.6 Å². The number of aromatic nitrogens is 3. The number of imidazole rings is 1. The first-order valence-corrected chi connectivity index (χ1v) is 11.2. The van der Waals surface area contributed by atoms with Crippen molar-refractivity contribution in [2.75, 3.05) is 0 Å². The van der Waals surface area contributed by atoms with Gasteiger partial charge in [-0.3, -0.25) is 4.79 Å². The fourth-order valence-electron chi connectivity index (χ4n) is 3.57. The Morgan fingerprint density at radius 1 is 1.12 bits per heavy atom. The van der Waals surface area contributed by atoms with Crippen molar-refractivity contribution in [3.05, 3.63) is 88.4 Å². The van der Waals surface area contributed by atoms with Crippen molar-refractivity contribution in [2.24, 2.45) is 7.05 Å². The molecule has 0 unspecified atom stereocenters. The fourth-order valence-corrected chi connectivity index (χ4v) is 4.55. The molecule has 2 heterocycles. The topological polar surface area (TPSA) is 77.2 Å². The monoisotopic (exact) mass is 447 g/mol. The van der Waals surface area contributed by atoms with Gasteiger partial charge in [0.1, 0.15) is 23.2 Å². The van der Waals surface area contributed by atoms with Crippen LogP contribution in [0.5, 0.6) is 5.75 Å². The Morgan fingerprint density at radius 3 is 2.47 bits per heavy atom. The van der Waals surface area contributed by atoms with Gasteiger partial charge in [-0.1, -0.05) is 42.0 Å². The van der Waals surface area contributed by atoms with E-state index >= 15 is 0 Å². The largest absolute Gasteiger partial charge is 0.488 e. The lowest BCUT2D eigenvalue weighted by Gasteiger charge is -2.16. The molecule has 0 saturated carbocycles. The molecule has 7 heteroatoms. The summed E-state index contributed by atoms with van der Waals surface area (Å²) in [5.41, 5.74) is 4.20. The molecule has 4 aromatic rings. The third kappa shape index (κ3) is 4.89. The van der Waals surface area contributed by atoms with Crippen LogP contribution in [0.2, 0.25) is 0 Å². The van der Waals surface area contributed by atoms with Crippen molar-refractivity contribution in [1.82, 2.24) is 14.5 Å². The Bertz CT molecular complexity index is 1210. The van der Waals surface area contributed by atoms with Gasteiger partial charge in [0.05, 0.1) is 22.9 Å². The van der Waals surface area contributed by atoms with Crippen LogP contribution in [0.1, 0.15) is 39.9 Å². The highest BCUT2D eigenvalue weighted by Gasteiger charge is 2.21. The van der Waals surface area contributed by atoms with Crippen molar-refractivity contribution >= 4 is 17.3 Å². The van der Waals surface area contributed by atoms with E-state index in [-0.39, 0.29) is 12.3 Å². The molecule has 0 bridgehead atoms. The summed E-state index contributed by atoms with van der Waals surface area (Å²) in [5.74, 6) is 0.281. The number of benzene rings is 2. The van der Waals surface area contributed by atoms with Gasteiger partial charge in [-0.2, -0.15) is 0 Å². The van der Waals surface area contributed by atoms with Crippen LogP contribution in [0.25, 0.3) is 10.6 Å². The van der Waals surface area contributed by atoms with E-state index in [1.807, 2.05) is 49.0 Å². The number of hydrogen-bond donors (Lipinski definition) is 1. The third-order valence-electron chi connectivity index (χ3n) is 5.39. The molecule has 0 aliphatic rings. The van der Waals surface area contributed by atoms with E-state index in [1.165, 1.54) is 5.56 Å². The highest BCUT2D eigenvalue weighted by molar-refractivity contribution is 7.15. The standard InChI is InChI=1S/C25H25N3O3S/c1-16-4-6-19(7-5-16)25-27-17(2)22(32-25)15-31-20-10-8-18(9-11-20)21(14-23(29)30)24-26-12-13-28(24)3/h4-13,21H,14-15H2,1-3H3,(H,29,30)/t21-/m0/s1. The van der Waals surface area contributed by atoms with Gasteiger partial charge < -0.3 is 14.4 Å². The highest BCUT2D eigenvalue weighted by Crippen LogP contribution is 2.31. The summed E-state index contributed by atoms with van der Waals surface area (Å²) in [7, 11) is 1.87. The molecule has 164 valence electrons. The smallest absolute Gasteiger partial charge is 0.304 e. The second-order valence-corrected chi connectivity index (χ2v) is 8.88. The molecule has 1 N–H and O–H groups in total. The van der Waals surface area contributed by atoms with Crippen molar-refractivity contribution in [3.8, 4) is 16.3 Å². The maximum atomic E-state index is 11.4. The molecule has 2 aromatic heterocycles. The van der Waals surface area contributed by atoms with Crippen molar-refractivity contribution < 1.29 is 14.6 Å². The van der Waals surface area contributed by atoms with Crippen LogP contribution in [0.3, 0.4) is 0 Å². The first-order chi connectivity index (χ1) is 15.4. The lowest BCUT2D eigenvalue weighted by atomic mass is 9.94. The van der Waals surface area contributed by atoms with Gasteiger partial charge in [-0.25, -0.2) is 9.97 Å². The number of rotatable bonds is 8. The average molecular weight is 448 g/mol. The molecule has 0 radical (unpaired) electrons. The Morgan fingerprint density at radius 2 is 1.84 bits per heavy atom. The lowest BCUT2D eigenvalue weighted by molar-refractivity contribution is -0.137. The maximum absolute atomic E-state index is 11.4. The van der Waals surface area contributed by atoms with Gasteiger partial charge in [-0.15, -0.1) is 11.3 Å². The minimum Gasteiger partial charge on any atom is -0.488 e. The van der Waals surface area contributed by atoms with Crippen LogP contribution in [0.4, 0.5) is 0 Å². The van der Waals surface area contributed by atoms with Gasteiger partial charge in [0.2, 0.25) is 0 Å². The Balaban J connectivity index is 1.46. The van der Waals surface area contributed by atoms with E-state index in [0.29, 0.717) is 6.61 Å². The fraction of sp³-hybridized carbons (Fsp3) is 0.240. The van der Waals surface area contributed by atoms with E-state index in [1.54, 1.807) is 17.5 Å². The van der Waals surface area contributed by atoms with E-state index < -0.39 is 5.97 Å². The van der Waals surface area contributed by atoms with Crippen LogP contribution in [-0.2, 0) is 18.4 Å². The molecule has 4 rings (SSSR count). The summed E-state index contributed by atoms with van der Waals surface area (Å²) in [5, 5.41) is 10.3. The van der Waals surface area contributed by atoms with Gasteiger partial charge in [-0.05, 0) is 31.5 Å². The van der Waals surface area contributed by atoms with Gasteiger partial charge in [0.15, 0.2) is 0 Å². The summed E-state index contributed by atoms with van der Waals surface area (Å²) >= 11 is 1.64. The van der Waals surface area contributed by atoms with Crippen molar-refractivity contribution in [3.63, 3.8) is 0 Å². The highest BCUT2D eigenvalue weighted by atomic mass is 32.1. The zero-order valence-electron chi connectivity index (χ0n) is 18.3. The van der Waals surface area contributed by atoms with Crippen molar-refractivity contribution in [1.29, 1.82) is 0 Å². The second kappa shape index (κ2) is 9.36. The minimum absolute atomic E-state index is 0.0209. The van der Waals surface area contributed by atoms with E-state index in [0.717, 1.165) is 38.3 Å². The maximum Gasteiger partial charge on any atom is 0.304 e. The number of ether oxygens (including phenoxy) is 1. The SMILES string of the molecule is Cc1ccc(-c2nc(C)c(COc3ccc([C@H](CC(=O)O)c4nccn4C)cc3)s2)cc1. The van der Waals surface area contributed by atoms with Gasteiger partial charge >= 0.3 is 5.97 Å². The number of carboxylic acids is 1. The van der Waals surface area contributed by atoms with E-state index in [4.69, 9.17) is 9.72 Å². The Kier molecular flexibility index (Phi) is 6.37. The molecule has 0 amide bonds. The molecular formula is C25H25N3O3S. The van der Waals surface area contributed by atoms with E-state index in [2.05, 4.69) is 36.2 Å². The van der Waals surface area contributed by atoms with Crippen LogP contribution >= 0.6 is 11.3 Å². The molecular weight excluding hydrogens is 422 g/mol. The van der Waals surface area contributed by atoms with Crippen LogP contribution in [0.15, 0.2) is 60.9 Å². The number of nitrogens with zero attached hydrogens (tertiary/aromatic N) is 3. The van der Waals surface area contributed by atoms with Gasteiger partial charge in [0, 0.05) is 25.0 Å². The van der Waals surface area contributed by atoms with E-state index in [9.17, 15) is 9.90 Å². The number of carbonyl (C=O) groups is 1. The summed E-state index contributed by atoms with van der Waals surface area (Å²) < 4.78 is 7.86. The summed E-state index contributed by atoms with van der Waals surface area (Å²) in [6.45, 7) is 4.51. The third-order valence-corrected chi connectivity index (χ3v) is 6.57. The predicted octanol–water partition coefficient (Wildman–Crippen LogP) is 5.35. The molecule has 0 saturated heterocycles. The lowest BCUT2D eigenvalue weighted by Crippen LogP contribution is -2.12. The number of aryl methyl sites for hydroxylation is 3. The van der Waals surface area contributed by atoms with Crippen LogP contribution in [0, 0.1) is 13.8 Å². The normalized spacial score (nSPS) is 12.0. The molecule has 0 aliphatic heterocycles. The van der Waals surface area contributed by atoms with Crippen LogP contribution < -0.4 is 4.74 Å². The number of aliphatic carboxylic acids is 1. The molecule has 2 aromatic carbocycles. The number of carboxylic acid groups (broad SMARTS) is 1. The Hall–Kier alpha value is -3.45. The molecule has 0 aliphatic carbocycles. The first kappa shape index (κ1) is 21.8. The number of hydrogen-bond acceptors (Lipinski definition) is 5. The molecule has 32 heavy (non-hydrogen) atoms. The molecule has 6 nitrogen and oxygen atoms in total. The summed E-state index contributed by atoms with van der Waals surface area (Å²) in [4.78, 5) is 21.5.